The van der Waals surface area contributed by atoms with Gasteiger partial charge in [-0.15, -0.1) is 0 Å². The minimum Gasteiger partial charge on any atom is -0.368 e. The van der Waals surface area contributed by atoms with E-state index in [1.807, 2.05) is 29.2 Å². The molecule has 17 heavy (non-hydrogen) atoms. The Morgan fingerprint density at radius 3 is 2.59 bits per heavy atom. The minimum atomic E-state index is 0.110. The Morgan fingerprint density at radius 2 is 2.00 bits per heavy atom. The maximum atomic E-state index is 11.5. The van der Waals surface area contributed by atoms with Gasteiger partial charge in [-0.2, -0.15) is 12.6 Å². The first-order valence-electron chi connectivity index (χ1n) is 5.60. The number of carbonyl (C=O) groups excluding carboxylic acids is 1. The molecule has 1 aromatic carbocycles. The van der Waals surface area contributed by atoms with Crippen LogP contribution < -0.4 is 4.90 Å². The molecule has 1 amide bonds. The number of hydrogen-bond acceptors (Lipinski definition) is 3. The van der Waals surface area contributed by atoms with Crippen molar-refractivity contribution < 1.29 is 4.79 Å². The summed E-state index contributed by atoms with van der Waals surface area (Å²) in [5.74, 6) is 0.399. The van der Waals surface area contributed by atoms with Crippen molar-refractivity contribution in [3.05, 3.63) is 29.3 Å². The highest BCUT2D eigenvalue weighted by molar-refractivity contribution is 7.81. The topological polar surface area (TPSA) is 23.6 Å². The Kier molecular flexibility index (Phi) is 4.18. The molecular weight excluding hydrogens is 256 g/mol. The summed E-state index contributed by atoms with van der Waals surface area (Å²) in [6, 6.07) is 7.81. The summed E-state index contributed by atoms with van der Waals surface area (Å²) in [5, 5.41) is 0.747. The summed E-state index contributed by atoms with van der Waals surface area (Å²) in [4.78, 5) is 15.6. The molecule has 1 aromatic rings. The van der Waals surface area contributed by atoms with Crippen LogP contribution in [0.25, 0.3) is 0 Å². The van der Waals surface area contributed by atoms with Gasteiger partial charge in [0.05, 0.1) is 5.75 Å². The average Bonchev–Trinajstić information content (AvgIpc) is 2.38. The van der Waals surface area contributed by atoms with Crippen LogP contribution in [0, 0.1) is 0 Å². The summed E-state index contributed by atoms with van der Waals surface area (Å²) in [6.07, 6.45) is 0. The predicted molar refractivity (Wildman–Crippen MR) is 74.1 cm³/mol. The second-order valence-corrected chi connectivity index (χ2v) is 4.76. The zero-order valence-electron chi connectivity index (χ0n) is 9.47. The molecule has 0 aromatic heterocycles. The highest BCUT2D eigenvalue weighted by Gasteiger charge is 2.20. The van der Waals surface area contributed by atoms with Gasteiger partial charge in [0.1, 0.15) is 0 Å². The molecule has 1 heterocycles. The van der Waals surface area contributed by atoms with Crippen LogP contribution in [0.5, 0.6) is 0 Å². The van der Waals surface area contributed by atoms with Crippen molar-refractivity contribution in [1.82, 2.24) is 4.90 Å². The lowest BCUT2D eigenvalue weighted by atomic mass is 10.2. The number of hydrogen-bond donors (Lipinski definition) is 1. The number of piperazine rings is 1. The van der Waals surface area contributed by atoms with Crippen molar-refractivity contribution >= 4 is 35.8 Å². The van der Waals surface area contributed by atoms with Crippen LogP contribution in [-0.4, -0.2) is 42.7 Å². The van der Waals surface area contributed by atoms with Gasteiger partial charge >= 0.3 is 0 Å². The van der Waals surface area contributed by atoms with Gasteiger partial charge in [-0.25, -0.2) is 0 Å². The number of benzene rings is 1. The lowest BCUT2D eigenvalue weighted by Gasteiger charge is -2.36. The van der Waals surface area contributed by atoms with Gasteiger partial charge in [0.2, 0.25) is 5.91 Å². The van der Waals surface area contributed by atoms with Gasteiger partial charge in [0.25, 0.3) is 0 Å². The summed E-state index contributed by atoms with van der Waals surface area (Å²) in [7, 11) is 0. The van der Waals surface area contributed by atoms with E-state index in [9.17, 15) is 4.79 Å². The monoisotopic (exact) mass is 270 g/mol. The number of amides is 1. The molecule has 2 rings (SSSR count). The van der Waals surface area contributed by atoms with E-state index in [0.717, 1.165) is 36.9 Å². The van der Waals surface area contributed by atoms with E-state index in [-0.39, 0.29) is 11.7 Å². The quantitative estimate of drug-likeness (QED) is 0.830. The first-order chi connectivity index (χ1) is 8.20. The molecule has 1 aliphatic heterocycles. The molecule has 1 saturated heterocycles. The molecular formula is C12H15ClN2OS. The number of rotatable bonds is 2. The molecule has 0 atom stereocenters. The maximum absolute atomic E-state index is 11.5. The lowest BCUT2D eigenvalue weighted by molar-refractivity contribution is -0.128. The van der Waals surface area contributed by atoms with Gasteiger partial charge in [0.15, 0.2) is 0 Å². The van der Waals surface area contributed by atoms with Gasteiger partial charge < -0.3 is 9.80 Å². The van der Waals surface area contributed by atoms with Crippen LogP contribution in [0.15, 0.2) is 24.3 Å². The Labute approximate surface area is 112 Å². The molecule has 0 bridgehead atoms. The summed E-state index contributed by atoms with van der Waals surface area (Å²) < 4.78 is 0. The van der Waals surface area contributed by atoms with Gasteiger partial charge in [0, 0.05) is 36.9 Å². The first-order valence-corrected chi connectivity index (χ1v) is 6.61. The Hall–Kier alpha value is -0.870. The SMILES string of the molecule is O=C(CS)N1CCN(c2cccc(Cl)c2)CC1. The molecule has 1 fully saturated rings. The van der Waals surface area contributed by atoms with Gasteiger partial charge in [-0.1, -0.05) is 17.7 Å². The number of thiol groups is 1. The molecule has 0 unspecified atom stereocenters. The fourth-order valence-electron chi connectivity index (χ4n) is 1.99. The third-order valence-corrected chi connectivity index (χ3v) is 3.45. The molecule has 5 heteroatoms. The van der Waals surface area contributed by atoms with Crippen LogP contribution in [0.2, 0.25) is 5.02 Å². The number of halogens is 1. The van der Waals surface area contributed by atoms with E-state index >= 15 is 0 Å². The van der Waals surface area contributed by atoms with Crippen molar-refractivity contribution in [3.8, 4) is 0 Å². The van der Waals surface area contributed by atoms with E-state index in [2.05, 4.69) is 17.5 Å². The van der Waals surface area contributed by atoms with E-state index in [0.29, 0.717) is 0 Å². The first kappa shape index (κ1) is 12.6. The highest BCUT2D eigenvalue weighted by atomic mass is 35.5. The molecule has 0 N–H and O–H groups in total. The third-order valence-electron chi connectivity index (χ3n) is 2.94. The summed E-state index contributed by atoms with van der Waals surface area (Å²) >= 11 is 9.97. The highest BCUT2D eigenvalue weighted by Crippen LogP contribution is 2.20. The molecule has 0 spiro atoms. The number of carbonyl (C=O) groups is 1. The maximum Gasteiger partial charge on any atom is 0.232 e. The van der Waals surface area contributed by atoms with Crippen LogP contribution in [0.4, 0.5) is 5.69 Å². The van der Waals surface area contributed by atoms with E-state index < -0.39 is 0 Å². The fourth-order valence-corrected chi connectivity index (χ4v) is 2.37. The van der Waals surface area contributed by atoms with Crippen LogP contribution in [0.1, 0.15) is 0 Å². The fraction of sp³-hybridized carbons (Fsp3) is 0.417. The zero-order chi connectivity index (χ0) is 12.3. The summed E-state index contributed by atoms with van der Waals surface area (Å²) in [5.41, 5.74) is 1.12. The Morgan fingerprint density at radius 1 is 1.29 bits per heavy atom. The number of nitrogens with zero attached hydrogens (tertiary/aromatic N) is 2. The Bertz CT molecular complexity index is 405. The number of anilines is 1. The average molecular weight is 271 g/mol. The second-order valence-electron chi connectivity index (χ2n) is 4.01. The van der Waals surface area contributed by atoms with Crippen molar-refractivity contribution in [3.63, 3.8) is 0 Å². The molecule has 0 saturated carbocycles. The van der Waals surface area contributed by atoms with Crippen LogP contribution in [-0.2, 0) is 4.79 Å². The van der Waals surface area contributed by atoms with Gasteiger partial charge in [-0.3, -0.25) is 4.79 Å². The molecule has 92 valence electrons. The lowest BCUT2D eigenvalue weighted by Crippen LogP contribution is -2.49. The van der Waals surface area contributed by atoms with Crippen LogP contribution in [0.3, 0.4) is 0 Å². The molecule has 0 aliphatic carbocycles. The predicted octanol–water partition coefficient (Wildman–Crippen LogP) is 1.92. The van der Waals surface area contributed by atoms with E-state index in [1.54, 1.807) is 0 Å². The third kappa shape index (κ3) is 3.07. The molecule has 0 radical (unpaired) electrons. The van der Waals surface area contributed by atoms with Crippen LogP contribution >= 0.6 is 24.2 Å². The summed E-state index contributed by atoms with van der Waals surface area (Å²) in [6.45, 7) is 3.21. The Balaban J connectivity index is 1.97. The van der Waals surface area contributed by atoms with Crippen molar-refractivity contribution in [2.45, 2.75) is 0 Å². The minimum absolute atomic E-state index is 0.110. The van der Waals surface area contributed by atoms with Crippen molar-refractivity contribution in [1.29, 1.82) is 0 Å². The largest absolute Gasteiger partial charge is 0.368 e. The van der Waals surface area contributed by atoms with Crippen molar-refractivity contribution in [2.75, 3.05) is 36.8 Å². The van der Waals surface area contributed by atoms with Gasteiger partial charge in [-0.05, 0) is 18.2 Å². The normalized spacial score (nSPS) is 16.1. The second kappa shape index (κ2) is 5.65. The van der Waals surface area contributed by atoms with Crippen molar-refractivity contribution in [2.24, 2.45) is 0 Å². The molecule has 3 nitrogen and oxygen atoms in total. The molecule has 1 aliphatic rings. The van der Waals surface area contributed by atoms with E-state index in [4.69, 9.17) is 11.6 Å². The van der Waals surface area contributed by atoms with E-state index in [1.165, 1.54) is 0 Å². The smallest absolute Gasteiger partial charge is 0.232 e. The zero-order valence-corrected chi connectivity index (χ0v) is 11.1. The standard InChI is InChI=1S/C12H15ClN2OS/c13-10-2-1-3-11(8-10)14-4-6-15(7-5-14)12(16)9-17/h1-3,8,17H,4-7,9H2.